The van der Waals surface area contributed by atoms with Crippen molar-refractivity contribution < 1.29 is 4.42 Å². The molecule has 2 nitrogen and oxygen atoms in total. The molecule has 0 aliphatic carbocycles. The number of hydrogen-bond acceptors (Lipinski definition) is 2. The van der Waals surface area contributed by atoms with Crippen LogP contribution in [0.25, 0.3) is 88.0 Å². The average Bonchev–Trinajstić information content (AvgIpc) is 3.69. The molecule has 0 atom stereocenters. The monoisotopic (exact) mass is 739 g/mol. The number of benzene rings is 10. The lowest BCUT2D eigenvalue weighted by Crippen LogP contribution is -2.11. The third kappa shape index (κ3) is 5.82. The van der Waals surface area contributed by atoms with Crippen LogP contribution in [0, 0.1) is 0 Å². The predicted molar refractivity (Wildman–Crippen MR) is 245 cm³/mol. The van der Waals surface area contributed by atoms with E-state index in [1.807, 2.05) is 12.1 Å². The Kier molecular flexibility index (Phi) is 8.19. The number of furan rings is 1. The number of rotatable bonds is 7. The Morgan fingerprint density at radius 2 is 0.793 bits per heavy atom. The molecule has 10 aromatic carbocycles. The van der Waals surface area contributed by atoms with Crippen molar-refractivity contribution in [2.45, 2.75) is 0 Å². The normalized spacial score (nSPS) is 11.4. The van der Waals surface area contributed by atoms with Gasteiger partial charge in [-0.3, -0.25) is 0 Å². The number of anilines is 3. The summed E-state index contributed by atoms with van der Waals surface area (Å²) in [6.45, 7) is 0. The van der Waals surface area contributed by atoms with E-state index in [1.54, 1.807) is 0 Å². The Morgan fingerprint density at radius 1 is 0.276 bits per heavy atom. The van der Waals surface area contributed by atoms with E-state index in [0.717, 1.165) is 44.6 Å². The molecule has 0 unspecified atom stereocenters. The number of fused-ring (bicyclic) bond motifs is 6. The first kappa shape index (κ1) is 33.6. The third-order valence-corrected chi connectivity index (χ3v) is 11.5. The van der Waals surface area contributed by atoms with Gasteiger partial charge in [-0.15, -0.1) is 0 Å². The molecule has 0 amide bonds. The van der Waals surface area contributed by atoms with E-state index < -0.39 is 0 Å². The van der Waals surface area contributed by atoms with Crippen LogP contribution in [0.15, 0.2) is 229 Å². The van der Waals surface area contributed by atoms with Crippen LogP contribution in [0.1, 0.15) is 0 Å². The molecular weight excluding hydrogens is 703 g/mol. The second-order valence-corrected chi connectivity index (χ2v) is 14.9. The van der Waals surface area contributed by atoms with Crippen molar-refractivity contribution in [1.82, 2.24) is 0 Å². The van der Waals surface area contributed by atoms with E-state index in [2.05, 4.69) is 217 Å². The van der Waals surface area contributed by atoms with E-state index in [4.69, 9.17) is 4.42 Å². The maximum absolute atomic E-state index is 6.30. The SMILES string of the molecule is c1ccc(-c2ccc(N(c3ccc(-c4ccc(-c5cccc6ccccc56)cc4)cc3)c3ccccc3-c3cccc4c3ccc3oc5ccccc5c34)cc2)cc1. The van der Waals surface area contributed by atoms with Gasteiger partial charge in [0.1, 0.15) is 11.2 Å². The summed E-state index contributed by atoms with van der Waals surface area (Å²) in [5.41, 5.74) is 14.6. The van der Waals surface area contributed by atoms with Gasteiger partial charge in [0.2, 0.25) is 0 Å². The van der Waals surface area contributed by atoms with Gasteiger partial charge in [-0.25, -0.2) is 0 Å². The smallest absolute Gasteiger partial charge is 0.136 e. The van der Waals surface area contributed by atoms with E-state index in [1.165, 1.54) is 60.5 Å². The third-order valence-electron chi connectivity index (χ3n) is 11.5. The second-order valence-electron chi connectivity index (χ2n) is 14.9. The number of nitrogens with zero attached hydrogens (tertiary/aromatic N) is 1. The molecule has 2 heteroatoms. The van der Waals surface area contributed by atoms with Gasteiger partial charge >= 0.3 is 0 Å². The standard InChI is InChI=1S/C56H37NO/c1-2-12-38(13-3-1)40-28-32-44(33-29-40)57(45-34-30-41(31-35-45)39-24-26-43(27-25-39)47-19-10-15-42-14-4-5-16-46(42)47)53-22-8-6-17-50(53)48-20-11-21-51-49(48)36-37-55-56(51)52-18-7-9-23-54(52)58-55/h1-37H. The van der Waals surface area contributed by atoms with Crippen molar-refractivity contribution in [1.29, 1.82) is 0 Å². The van der Waals surface area contributed by atoms with Gasteiger partial charge in [-0.05, 0) is 103 Å². The van der Waals surface area contributed by atoms with Gasteiger partial charge in [-0.1, -0.05) is 182 Å². The summed E-state index contributed by atoms with van der Waals surface area (Å²) in [6, 6.07) is 80.7. The minimum atomic E-state index is 0.905. The molecule has 272 valence electrons. The molecule has 11 aromatic rings. The number of para-hydroxylation sites is 2. The van der Waals surface area contributed by atoms with Crippen molar-refractivity contribution in [3.8, 4) is 44.5 Å². The second kappa shape index (κ2) is 14.1. The summed E-state index contributed by atoms with van der Waals surface area (Å²) in [5, 5.41) is 7.19. The summed E-state index contributed by atoms with van der Waals surface area (Å²) in [7, 11) is 0. The summed E-state index contributed by atoms with van der Waals surface area (Å²) in [6.07, 6.45) is 0. The number of hydrogen-bond donors (Lipinski definition) is 0. The maximum Gasteiger partial charge on any atom is 0.136 e. The molecule has 1 heterocycles. The first-order valence-electron chi connectivity index (χ1n) is 19.8. The summed E-state index contributed by atoms with van der Waals surface area (Å²) < 4.78 is 6.30. The maximum atomic E-state index is 6.30. The lowest BCUT2D eigenvalue weighted by Gasteiger charge is -2.28. The lowest BCUT2D eigenvalue weighted by molar-refractivity contribution is 0.669. The first-order chi connectivity index (χ1) is 28.8. The zero-order valence-corrected chi connectivity index (χ0v) is 31.7. The van der Waals surface area contributed by atoms with Crippen LogP contribution in [-0.4, -0.2) is 0 Å². The van der Waals surface area contributed by atoms with E-state index in [9.17, 15) is 0 Å². The predicted octanol–water partition coefficient (Wildman–Crippen LogP) is 16.0. The van der Waals surface area contributed by atoms with Crippen LogP contribution in [0.3, 0.4) is 0 Å². The quantitative estimate of drug-likeness (QED) is 0.162. The van der Waals surface area contributed by atoms with Crippen LogP contribution in [0.4, 0.5) is 17.1 Å². The Bertz CT molecular complexity index is 3250. The van der Waals surface area contributed by atoms with Gasteiger partial charge in [0.05, 0.1) is 5.69 Å². The molecule has 0 saturated carbocycles. The van der Waals surface area contributed by atoms with Gasteiger partial charge in [-0.2, -0.15) is 0 Å². The highest BCUT2D eigenvalue weighted by molar-refractivity contribution is 6.21. The molecule has 58 heavy (non-hydrogen) atoms. The molecule has 0 spiro atoms. The summed E-state index contributed by atoms with van der Waals surface area (Å²) >= 11 is 0. The zero-order chi connectivity index (χ0) is 38.4. The molecular formula is C56H37NO. The molecule has 11 rings (SSSR count). The molecule has 0 radical (unpaired) electrons. The Morgan fingerprint density at radius 3 is 1.55 bits per heavy atom. The Balaban J connectivity index is 1.02. The lowest BCUT2D eigenvalue weighted by atomic mass is 9.94. The fourth-order valence-electron chi connectivity index (χ4n) is 8.70. The molecule has 0 aliphatic rings. The average molecular weight is 740 g/mol. The van der Waals surface area contributed by atoms with E-state index in [-0.39, 0.29) is 0 Å². The van der Waals surface area contributed by atoms with Crippen molar-refractivity contribution in [2.24, 2.45) is 0 Å². The van der Waals surface area contributed by atoms with Crippen LogP contribution in [-0.2, 0) is 0 Å². The van der Waals surface area contributed by atoms with E-state index in [0.29, 0.717) is 0 Å². The van der Waals surface area contributed by atoms with Gasteiger partial charge in [0, 0.05) is 27.7 Å². The van der Waals surface area contributed by atoms with Crippen molar-refractivity contribution >= 4 is 60.5 Å². The van der Waals surface area contributed by atoms with Gasteiger partial charge < -0.3 is 9.32 Å². The minimum Gasteiger partial charge on any atom is -0.456 e. The van der Waals surface area contributed by atoms with Crippen LogP contribution < -0.4 is 4.90 Å². The van der Waals surface area contributed by atoms with Crippen molar-refractivity contribution in [2.75, 3.05) is 4.90 Å². The summed E-state index contributed by atoms with van der Waals surface area (Å²) in [4.78, 5) is 2.39. The Labute approximate surface area is 337 Å². The van der Waals surface area contributed by atoms with E-state index >= 15 is 0 Å². The molecule has 0 bridgehead atoms. The van der Waals surface area contributed by atoms with Crippen LogP contribution >= 0.6 is 0 Å². The molecule has 1 aromatic heterocycles. The summed E-state index contributed by atoms with van der Waals surface area (Å²) in [5.74, 6) is 0. The largest absolute Gasteiger partial charge is 0.456 e. The first-order valence-corrected chi connectivity index (χ1v) is 19.8. The molecule has 0 fully saturated rings. The molecule has 0 aliphatic heterocycles. The fourth-order valence-corrected chi connectivity index (χ4v) is 8.70. The van der Waals surface area contributed by atoms with Crippen LogP contribution in [0.2, 0.25) is 0 Å². The van der Waals surface area contributed by atoms with Crippen molar-refractivity contribution in [3.05, 3.63) is 224 Å². The van der Waals surface area contributed by atoms with Crippen LogP contribution in [0.5, 0.6) is 0 Å². The molecule has 0 N–H and O–H groups in total. The van der Waals surface area contributed by atoms with Crippen molar-refractivity contribution in [3.63, 3.8) is 0 Å². The highest BCUT2D eigenvalue weighted by atomic mass is 16.3. The highest BCUT2D eigenvalue weighted by Crippen LogP contribution is 2.45. The zero-order valence-electron chi connectivity index (χ0n) is 31.7. The Hall–Kier alpha value is -7.68. The molecule has 0 saturated heterocycles. The fraction of sp³-hybridized carbons (Fsp3) is 0. The topological polar surface area (TPSA) is 16.4 Å². The minimum absolute atomic E-state index is 0.905. The van der Waals surface area contributed by atoms with Gasteiger partial charge in [0.25, 0.3) is 0 Å². The highest BCUT2D eigenvalue weighted by Gasteiger charge is 2.20. The van der Waals surface area contributed by atoms with Gasteiger partial charge in [0.15, 0.2) is 0 Å².